The van der Waals surface area contributed by atoms with Crippen molar-refractivity contribution in [3.63, 3.8) is 0 Å². The van der Waals surface area contributed by atoms with Gasteiger partial charge in [0.2, 0.25) is 0 Å². The minimum absolute atomic E-state index is 0. The second kappa shape index (κ2) is 12.0. The monoisotopic (exact) mass is 244 g/mol. The van der Waals surface area contributed by atoms with Gasteiger partial charge in [0, 0.05) is 27.7 Å². The predicted molar refractivity (Wildman–Crippen MR) is 65.5 cm³/mol. The van der Waals surface area contributed by atoms with E-state index in [0.717, 1.165) is 0 Å². The average molecular weight is 244 g/mol. The third-order valence-electron chi connectivity index (χ3n) is 1.02. The SMILES string of the molecule is CC(=[OH+])CC(C)=[OH+].CC(=[OH+])CC(C)=[OH+].[Ca+2]. The molecular formula is C10H20CaO4+6. The molecule has 0 fully saturated rings. The van der Waals surface area contributed by atoms with E-state index in [1.54, 1.807) is 27.7 Å². The zero-order valence-electron chi connectivity index (χ0n) is 9.91. The Kier molecular flexibility index (Phi) is 16.3. The van der Waals surface area contributed by atoms with Gasteiger partial charge in [0.05, 0.1) is 0 Å². The summed E-state index contributed by atoms with van der Waals surface area (Å²) < 4.78 is 0. The molecule has 0 aromatic carbocycles. The standard InChI is InChI=1S/2C5H8O2.Ca/c2*1-4(6)3-5(2)7;/h2*3H2,1-2H3;/q;;+2/p+4. The van der Waals surface area contributed by atoms with E-state index < -0.39 is 0 Å². The smallest absolute Gasteiger partial charge is 0.283 e. The number of hydrogen-bond acceptors (Lipinski definition) is 0. The van der Waals surface area contributed by atoms with Gasteiger partial charge in [-0.05, 0) is 0 Å². The molecule has 0 amide bonds. The summed E-state index contributed by atoms with van der Waals surface area (Å²) in [6.07, 6.45) is 0.611. The summed E-state index contributed by atoms with van der Waals surface area (Å²) in [6, 6.07) is 0. The van der Waals surface area contributed by atoms with Gasteiger partial charge in [0.15, 0.2) is 12.8 Å². The van der Waals surface area contributed by atoms with E-state index in [1.165, 1.54) is 0 Å². The summed E-state index contributed by atoms with van der Waals surface area (Å²) in [5.74, 6) is 1.00. The van der Waals surface area contributed by atoms with Gasteiger partial charge in [-0.1, -0.05) is 0 Å². The number of ketones is 4. The Hall–Kier alpha value is -0.0603. The quantitative estimate of drug-likeness (QED) is 0.394. The Labute approximate surface area is 120 Å². The maximum absolute atomic E-state index is 8.46. The summed E-state index contributed by atoms with van der Waals surface area (Å²) in [7, 11) is 0. The van der Waals surface area contributed by atoms with Crippen LogP contribution in [0.5, 0.6) is 0 Å². The van der Waals surface area contributed by atoms with Crippen LogP contribution in [-0.4, -0.2) is 80.0 Å². The van der Waals surface area contributed by atoms with Crippen LogP contribution in [-0.2, 0) is 0 Å². The molecule has 0 saturated heterocycles. The van der Waals surface area contributed by atoms with E-state index in [1.807, 2.05) is 0 Å². The van der Waals surface area contributed by atoms with E-state index in [4.69, 9.17) is 19.2 Å². The minimum Gasteiger partial charge on any atom is -0.283 e. The third kappa shape index (κ3) is 31.5. The molecule has 0 saturated carbocycles. The molecule has 0 aromatic heterocycles. The van der Waals surface area contributed by atoms with Crippen molar-refractivity contribution in [1.82, 2.24) is 0 Å². The van der Waals surface area contributed by atoms with Crippen molar-refractivity contribution in [3.05, 3.63) is 0 Å². The van der Waals surface area contributed by atoms with Gasteiger partial charge in [-0.15, -0.1) is 0 Å². The molecule has 0 unspecified atom stereocenters. The Morgan fingerprint density at radius 1 is 0.600 bits per heavy atom. The topological polar surface area (TPSA) is 85.6 Å². The fraction of sp³-hybridized carbons (Fsp3) is 0.600. The van der Waals surface area contributed by atoms with Crippen molar-refractivity contribution in [2.45, 2.75) is 40.5 Å². The van der Waals surface area contributed by atoms with Gasteiger partial charge >= 0.3 is 60.9 Å². The van der Waals surface area contributed by atoms with Crippen LogP contribution >= 0.6 is 0 Å². The van der Waals surface area contributed by atoms with Crippen molar-refractivity contribution >= 4 is 60.9 Å². The summed E-state index contributed by atoms with van der Waals surface area (Å²) >= 11 is 0. The largest absolute Gasteiger partial charge is 2.00 e. The Balaban J connectivity index is -0.000000180. The van der Waals surface area contributed by atoms with Crippen LogP contribution in [0.3, 0.4) is 0 Å². The fourth-order valence-electron chi connectivity index (χ4n) is 0.740. The summed E-state index contributed by atoms with van der Waals surface area (Å²) in [5, 5.41) is 0. The van der Waals surface area contributed by atoms with Crippen molar-refractivity contribution in [3.8, 4) is 0 Å². The van der Waals surface area contributed by atoms with Gasteiger partial charge in [-0.3, -0.25) is 19.2 Å². The van der Waals surface area contributed by atoms with Crippen LogP contribution in [0.2, 0.25) is 0 Å². The maximum atomic E-state index is 8.46. The van der Waals surface area contributed by atoms with Crippen molar-refractivity contribution in [2.75, 3.05) is 0 Å². The van der Waals surface area contributed by atoms with E-state index in [9.17, 15) is 0 Å². The molecule has 4 N–H and O–H groups in total. The molecule has 0 heterocycles. The Bertz CT molecular complexity index is 196. The molecule has 80 valence electrons. The summed E-state index contributed by atoms with van der Waals surface area (Å²) in [5.41, 5.74) is 0. The van der Waals surface area contributed by atoms with E-state index >= 15 is 0 Å². The molecule has 0 aliphatic carbocycles. The Morgan fingerprint density at radius 2 is 0.733 bits per heavy atom. The number of hydrogen-bond donors (Lipinski definition) is 0. The summed E-state index contributed by atoms with van der Waals surface area (Å²) in [6.45, 7) is 6.22. The zero-order chi connectivity index (χ0) is 11.7. The molecule has 0 aliphatic rings. The molecule has 4 nitrogen and oxygen atoms in total. The van der Waals surface area contributed by atoms with E-state index in [0.29, 0.717) is 12.8 Å². The van der Waals surface area contributed by atoms with Crippen molar-refractivity contribution in [1.29, 1.82) is 0 Å². The molecule has 0 spiro atoms. The van der Waals surface area contributed by atoms with E-state index in [2.05, 4.69) is 0 Å². The first-order chi connectivity index (χ1) is 6.25. The normalized spacial score (nSPS) is 7.73. The van der Waals surface area contributed by atoms with Crippen LogP contribution in [0.15, 0.2) is 0 Å². The molecule has 15 heavy (non-hydrogen) atoms. The summed E-state index contributed by atoms with van der Waals surface area (Å²) in [4.78, 5) is 33.8. The van der Waals surface area contributed by atoms with Crippen LogP contribution in [0.25, 0.3) is 0 Å². The first-order valence-electron chi connectivity index (χ1n) is 4.31. The Morgan fingerprint density at radius 3 is 0.733 bits per heavy atom. The van der Waals surface area contributed by atoms with E-state index in [-0.39, 0.29) is 60.9 Å². The second-order valence-electron chi connectivity index (χ2n) is 3.29. The second-order valence-corrected chi connectivity index (χ2v) is 3.29. The minimum atomic E-state index is 0. The molecule has 0 rings (SSSR count). The first kappa shape index (κ1) is 20.4. The molecule has 0 atom stereocenters. The molecule has 0 aliphatic heterocycles. The van der Waals surface area contributed by atoms with Crippen LogP contribution in [0, 0.1) is 0 Å². The van der Waals surface area contributed by atoms with Gasteiger partial charge in [0.1, 0.15) is 0 Å². The van der Waals surface area contributed by atoms with Gasteiger partial charge < -0.3 is 0 Å². The molecule has 0 aromatic rings. The first-order valence-corrected chi connectivity index (χ1v) is 4.31. The molecule has 0 bridgehead atoms. The predicted octanol–water partition coefficient (Wildman–Crippen LogP) is 0.631. The van der Waals surface area contributed by atoms with Crippen LogP contribution < -0.4 is 0 Å². The molecular weight excluding hydrogens is 224 g/mol. The van der Waals surface area contributed by atoms with Gasteiger partial charge in [0.25, 0.3) is 0 Å². The van der Waals surface area contributed by atoms with Crippen LogP contribution in [0.4, 0.5) is 0 Å². The van der Waals surface area contributed by atoms with Crippen molar-refractivity contribution in [2.24, 2.45) is 0 Å². The van der Waals surface area contributed by atoms with Gasteiger partial charge in [-0.2, -0.15) is 0 Å². The zero-order valence-corrected chi connectivity index (χ0v) is 12.1. The molecule has 0 radical (unpaired) electrons. The maximum Gasteiger partial charge on any atom is 2.00 e. The fourth-order valence-corrected chi connectivity index (χ4v) is 0.740. The number of carbonyl (C=O) groups excluding carboxylic acids is 4. The van der Waals surface area contributed by atoms with Gasteiger partial charge in [-0.25, -0.2) is 0 Å². The third-order valence-corrected chi connectivity index (χ3v) is 1.02. The number of rotatable bonds is 4. The van der Waals surface area contributed by atoms with Crippen LogP contribution in [0.1, 0.15) is 40.5 Å². The molecule has 5 heteroatoms. The average Bonchev–Trinajstić information content (AvgIpc) is 1.79. The van der Waals surface area contributed by atoms with Crippen molar-refractivity contribution < 1.29 is 19.2 Å².